The summed E-state index contributed by atoms with van der Waals surface area (Å²) in [6.07, 6.45) is -4.62. The van der Waals surface area contributed by atoms with Crippen molar-refractivity contribution in [2.45, 2.75) is 26.6 Å². The van der Waals surface area contributed by atoms with Crippen LogP contribution in [-0.4, -0.2) is 20.7 Å². The molecule has 146 valence electrons. The van der Waals surface area contributed by atoms with E-state index >= 15 is 0 Å². The Hall–Kier alpha value is -3.06. The lowest BCUT2D eigenvalue weighted by Crippen LogP contribution is -2.14. The fourth-order valence-corrected chi connectivity index (χ4v) is 3.36. The van der Waals surface area contributed by atoms with E-state index in [4.69, 9.17) is 0 Å². The number of aliphatic hydroxyl groups excluding tert-OH is 1. The lowest BCUT2D eigenvalue weighted by atomic mass is 9.98. The molecule has 0 atom stereocenters. The summed E-state index contributed by atoms with van der Waals surface area (Å²) in [7, 11) is 0. The molecule has 0 spiro atoms. The molecule has 0 fully saturated rings. The van der Waals surface area contributed by atoms with Crippen LogP contribution >= 0.6 is 0 Å². The predicted octanol–water partition coefficient (Wildman–Crippen LogP) is 4.97. The normalized spacial score (nSPS) is 11.6. The number of aromatic carboxylic acids is 1. The number of carboxylic acid groups (broad SMARTS) is 1. The average molecular weight is 389 g/mol. The molecule has 0 saturated heterocycles. The summed E-state index contributed by atoms with van der Waals surface area (Å²) in [4.78, 5) is 11.5. The maximum Gasteiger partial charge on any atom is 0.418 e. The van der Waals surface area contributed by atoms with Gasteiger partial charge in [0.15, 0.2) is 0 Å². The summed E-state index contributed by atoms with van der Waals surface area (Å²) < 4.78 is 42.8. The Bertz CT molecular complexity index is 1030. The molecule has 28 heavy (non-hydrogen) atoms. The van der Waals surface area contributed by atoms with E-state index in [-0.39, 0.29) is 23.6 Å². The molecule has 0 amide bonds. The zero-order valence-corrected chi connectivity index (χ0v) is 15.2. The van der Waals surface area contributed by atoms with Crippen molar-refractivity contribution in [3.8, 4) is 16.8 Å². The van der Waals surface area contributed by atoms with Crippen molar-refractivity contribution < 1.29 is 28.2 Å². The second-order valence-electron chi connectivity index (χ2n) is 6.48. The van der Waals surface area contributed by atoms with Crippen molar-refractivity contribution in [3.63, 3.8) is 0 Å². The number of carboxylic acids is 1. The van der Waals surface area contributed by atoms with Gasteiger partial charge < -0.3 is 14.8 Å². The van der Waals surface area contributed by atoms with Gasteiger partial charge in [0.05, 0.1) is 23.4 Å². The largest absolute Gasteiger partial charge is 0.478 e. The number of nitrogens with zero attached hydrogens (tertiary/aromatic N) is 1. The van der Waals surface area contributed by atoms with Gasteiger partial charge in [-0.25, -0.2) is 4.79 Å². The van der Waals surface area contributed by atoms with Gasteiger partial charge in [-0.3, -0.25) is 0 Å². The highest BCUT2D eigenvalue weighted by Crippen LogP contribution is 2.40. The molecule has 1 aromatic heterocycles. The monoisotopic (exact) mass is 389 g/mol. The Labute approximate surface area is 159 Å². The number of alkyl halides is 3. The number of hydrogen-bond donors (Lipinski definition) is 2. The topological polar surface area (TPSA) is 62.5 Å². The molecular formula is C21H18F3NO3. The second kappa shape index (κ2) is 7.16. The van der Waals surface area contributed by atoms with Gasteiger partial charge in [-0.05, 0) is 37.1 Å². The molecule has 7 heteroatoms. The fourth-order valence-electron chi connectivity index (χ4n) is 3.36. The van der Waals surface area contributed by atoms with Gasteiger partial charge in [0, 0.05) is 17.0 Å². The molecule has 2 aromatic carbocycles. The number of carbonyl (C=O) groups is 1. The molecule has 0 unspecified atom stereocenters. The van der Waals surface area contributed by atoms with Gasteiger partial charge in [-0.15, -0.1) is 0 Å². The molecule has 0 bridgehead atoms. The molecule has 0 aliphatic rings. The molecule has 1 heterocycles. The number of para-hydroxylation sites is 1. The molecular weight excluding hydrogens is 371 g/mol. The predicted molar refractivity (Wildman–Crippen MR) is 98.6 cm³/mol. The van der Waals surface area contributed by atoms with Crippen LogP contribution in [0.2, 0.25) is 0 Å². The van der Waals surface area contributed by atoms with Gasteiger partial charge in [0.1, 0.15) is 0 Å². The first-order valence-corrected chi connectivity index (χ1v) is 8.48. The minimum absolute atomic E-state index is 0.0453. The SMILES string of the molecule is Cc1cc(C(=O)O)c(C)n1-c1c(-c2ccc(CO)cc2)cccc1C(F)(F)F. The summed E-state index contributed by atoms with van der Waals surface area (Å²) >= 11 is 0. The van der Waals surface area contributed by atoms with E-state index < -0.39 is 17.7 Å². The Morgan fingerprint density at radius 3 is 2.21 bits per heavy atom. The minimum Gasteiger partial charge on any atom is -0.478 e. The van der Waals surface area contributed by atoms with Crippen LogP contribution in [0.4, 0.5) is 13.2 Å². The molecule has 0 saturated carbocycles. The Kier molecular flexibility index (Phi) is 5.04. The number of aliphatic hydroxyl groups is 1. The minimum atomic E-state index is -4.62. The Morgan fingerprint density at radius 1 is 1.07 bits per heavy atom. The average Bonchev–Trinajstić information content (AvgIpc) is 2.95. The quantitative estimate of drug-likeness (QED) is 0.662. The molecule has 4 nitrogen and oxygen atoms in total. The lowest BCUT2D eigenvalue weighted by Gasteiger charge is -2.21. The first-order valence-electron chi connectivity index (χ1n) is 8.48. The summed E-state index contributed by atoms with van der Waals surface area (Å²) in [6, 6.07) is 11.8. The molecule has 3 aromatic rings. The van der Waals surface area contributed by atoms with E-state index in [0.29, 0.717) is 22.4 Å². The third kappa shape index (κ3) is 3.41. The van der Waals surface area contributed by atoms with E-state index in [1.165, 1.54) is 23.6 Å². The Morgan fingerprint density at radius 2 is 1.71 bits per heavy atom. The summed E-state index contributed by atoms with van der Waals surface area (Å²) in [5, 5.41) is 18.6. The molecule has 3 rings (SSSR count). The third-order valence-electron chi connectivity index (χ3n) is 4.67. The van der Waals surface area contributed by atoms with Gasteiger partial charge in [-0.2, -0.15) is 13.2 Å². The van der Waals surface area contributed by atoms with Crippen LogP contribution in [-0.2, 0) is 12.8 Å². The van der Waals surface area contributed by atoms with Crippen molar-refractivity contribution in [2.24, 2.45) is 0 Å². The van der Waals surface area contributed by atoms with Crippen LogP contribution < -0.4 is 0 Å². The first-order chi connectivity index (χ1) is 13.1. The van der Waals surface area contributed by atoms with Crippen LogP contribution in [0.25, 0.3) is 16.8 Å². The standard InChI is InChI=1S/C21H18F3NO3/c1-12-10-17(20(27)28)13(2)25(12)19-16(4-3-5-18(19)21(22,23)24)15-8-6-14(11-26)7-9-15/h3-10,26H,11H2,1-2H3,(H,27,28). The summed E-state index contributed by atoms with van der Waals surface area (Å²) in [5.74, 6) is -1.20. The van der Waals surface area contributed by atoms with Crippen LogP contribution in [0, 0.1) is 13.8 Å². The van der Waals surface area contributed by atoms with Gasteiger partial charge in [0.25, 0.3) is 0 Å². The van der Waals surface area contributed by atoms with Crippen molar-refractivity contribution in [1.29, 1.82) is 0 Å². The maximum absolute atomic E-state index is 13.8. The van der Waals surface area contributed by atoms with Crippen molar-refractivity contribution >= 4 is 5.97 Å². The number of aryl methyl sites for hydroxylation is 1. The molecule has 2 N–H and O–H groups in total. The van der Waals surface area contributed by atoms with Crippen LogP contribution in [0.3, 0.4) is 0 Å². The molecule has 0 aliphatic heterocycles. The molecule has 0 radical (unpaired) electrons. The van der Waals surface area contributed by atoms with E-state index in [1.54, 1.807) is 37.3 Å². The number of hydrogen-bond acceptors (Lipinski definition) is 2. The van der Waals surface area contributed by atoms with Crippen molar-refractivity contribution in [2.75, 3.05) is 0 Å². The number of rotatable bonds is 4. The van der Waals surface area contributed by atoms with Crippen molar-refractivity contribution in [3.05, 3.63) is 76.6 Å². The van der Waals surface area contributed by atoms with E-state index in [1.807, 2.05) is 0 Å². The van der Waals surface area contributed by atoms with Gasteiger partial charge >= 0.3 is 12.1 Å². The lowest BCUT2D eigenvalue weighted by molar-refractivity contribution is -0.137. The summed E-state index contributed by atoms with van der Waals surface area (Å²) in [5.41, 5.74) is 1.08. The van der Waals surface area contributed by atoms with E-state index in [0.717, 1.165) is 6.07 Å². The summed E-state index contributed by atoms with van der Waals surface area (Å²) in [6.45, 7) is 2.89. The highest BCUT2D eigenvalue weighted by Gasteiger charge is 2.36. The van der Waals surface area contributed by atoms with Crippen LogP contribution in [0.15, 0.2) is 48.5 Å². The van der Waals surface area contributed by atoms with Crippen LogP contribution in [0.5, 0.6) is 0 Å². The fraction of sp³-hybridized carbons (Fsp3) is 0.190. The van der Waals surface area contributed by atoms with Crippen molar-refractivity contribution in [1.82, 2.24) is 4.57 Å². The van der Waals surface area contributed by atoms with Crippen LogP contribution in [0.1, 0.15) is 32.9 Å². The highest BCUT2D eigenvalue weighted by atomic mass is 19.4. The van der Waals surface area contributed by atoms with Gasteiger partial charge in [-0.1, -0.05) is 36.4 Å². The molecule has 0 aliphatic carbocycles. The second-order valence-corrected chi connectivity index (χ2v) is 6.48. The van der Waals surface area contributed by atoms with E-state index in [2.05, 4.69) is 0 Å². The number of halogens is 3. The third-order valence-corrected chi connectivity index (χ3v) is 4.67. The Balaban J connectivity index is 2.37. The first kappa shape index (κ1) is 19.7. The number of aromatic nitrogens is 1. The number of benzene rings is 2. The maximum atomic E-state index is 13.8. The zero-order chi connectivity index (χ0) is 20.6. The highest BCUT2D eigenvalue weighted by molar-refractivity contribution is 5.90. The smallest absolute Gasteiger partial charge is 0.418 e. The van der Waals surface area contributed by atoms with E-state index in [9.17, 15) is 28.2 Å². The zero-order valence-electron chi connectivity index (χ0n) is 15.2. The van der Waals surface area contributed by atoms with Gasteiger partial charge in [0.2, 0.25) is 0 Å².